The Morgan fingerprint density at radius 3 is 2.62 bits per heavy atom. The largest absolute Gasteiger partial charge is 0.379 e. The van der Waals surface area contributed by atoms with Crippen LogP contribution in [0.1, 0.15) is 32.6 Å². The molecule has 3 heteroatoms. The Balaban J connectivity index is 1.88. The lowest BCUT2D eigenvalue weighted by Gasteiger charge is -2.32. The number of allylic oxidation sites excluding steroid dienone is 6. The Morgan fingerprint density at radius 1 is 1.29 bits per heavy atom. The molecule has 0 saturated carbocycles. The first-order valence-electron chi connectivity index (χ1n) is 8.01. The molecule has 3 nitrogen and oxygen atoms in total. The number of amides is 1. The summed E-state index contributed by atoms with van der Waals surface area (Å²) in [6.07, 6.45) is 18.4. The number of methoxy groups -OCH3 is 1. The molecule has 0 N–H and O–H groups in total. The second-order valence-corrected chi connectivity index (χ2v) is 6.13. The molecule has 1 heterocycles. The minimum absolute atomic E-state index is 0.148. The third kappa shape index (κ3) is 4.31. The number of carbonyl (C=O) groups excluding carboxylic acids is 1. The van der Waals surface area contributed by atoms with Crippen molar-refractivity contribution >= 4 is 6.41 Å². The van der Waals surface area contributed by atoms with E-state index in [0.717, 1.165) is 38.6 Å². The maximum absolute atomic E-state index is 11.1. The van der Waals surface area contributed by atoms with E-state index in [-0.39, 0.29) is 12.1 Å². The summed E-state index contributed by atoms with van der Waals surface area (Å²) in [6.45, 7) is 3.12. The minimum atomic E-state index is 0.148. The van der Waals surface area contributed by atoms with E-state index in [1.807, 2.05) is 4.90 Å². The van der Waals surface area contributed by atoms with Crippen molar-refractivity contribution < 1.29 is 9.53 Å². The van der Waals surface area contributed by atoms with E-state index in [2.05, 4.69) is 43.4 Å². The van der Waals surface area contributed by atoms with Crippen molar-refractivity contribution in [1.29, 1.82) is 0 Å². The molecule has 1 aliphatic carbocycles. The molecule has 1 amide bonds. The van der Waals surface area contributed by atoms with E-state index in [0.29, 0.717) is 11.8 Å². The van der Waals surface area contributed by atoms with E-state index >= 15 is 0 Å². The molecule has 21 heavy (non-hydrogen) atoms. The fourth-order valence-corrected chi connectivity index (χ4v) is 3.49. The monoisotopic (exact) mass is 289 g/mol. The van der Waals surface area contributed by atoms with Crippen LogP contribution in [0.3, 0.4) is 0 Å². The molecule has 0 bridgehead atoms. The molecule has 0 aromatic carbocycles. The number of carbonyl (C=O) groups is 1. The molecule has 1 aliphatic heterocycles. The molecule has 0 aromatic rings. The van der Waals surface area contributed by atoms with Crippen molar-refractivity contribution in [3.05, 3.63) is 36.5 Å². The van der Waals surface area contributed by atoms with Crippen molar-refractivity contribution in [3.63, 3.8) is 0 Å². The molecule has 116 valence electrons. The van der Waals surface area contributed by atoms with Crippen LogP contribution in [0, 0.1) is 11.8 Å². The van der Waals surface area contributed by atoms with Gasteiger partial charge in [-0.25, -0.2) is 0 Å². The number of likely N-dealkylation sites (tertiary alicyclic amines) is 1. The molecular weight excluding hydrogens is 262 g/mol. The fourth-order valence-electron chi connectivity index (χ4n) is 3.49. The zero-order valence-electron chi connectivity index (χ0n) is 13.2. The molecule has 0 radical (unpaired) electrons. The van der Waals surface area contributed by atoms with Crippen LogP contribution in [0.15, 0.2) is 36.5 Å². The van der Waals surface area contributed by atoms with Crippen LogP contribution in [0.2, 0.25) is 0 Å². The third-order valence-electron chi connectivity index (χ3n) is 4.70. The van der Waals surface area contributed by atoms with Crippen molar-refractivity contribution in [1.82, 2.24) is 4.90 Å². The van der Waals surface area contributed by atoms with Crippen LogP contribution >= 0.6 is 0 Å². The predicted molar refractivity (Wildman–Crippen MR) is 85.9 cm³/mol. The standard InChI is InChI=1S/C18H27NO2/c1-15(11-12-16-8-5-3-4-6-9-16)18(21-2)17-10-7-13-19(17)14-20/h3-6,8-9,14-18H,7,10-13H2,1-2H3. The zero-order chi connectivity index (χ0) is 15.1. The Hall–Kier alpha value is -1.35. The highest BCUT2D eigenvalue weighted by Gasteiger charge is 2.34. The number of nitrogens with zero attached hydrogens (tertiary/aromatic N) is 1. The van der Waals surface area contributed by atoms with E-state index in [1.54, 1.807) is 7.11 Å². The van der Waals surface area contributed by atoms with Crippen LogP contribution in [0.25, 0.3) is 0 Å². The molecule has 0 spiro atoms. The normalized spacial score (nSPS) is 25.0. The Labute approximate surface area is 128 Å². The minimum Gasteiger partial charge on any atom is -0.379 e. The van der Waals surface area contributed by atoms with E-state index in [1.165, 1.54) is 0 Å². The van der Waals surface area contributed by atoms with Crippen LogP contribution in [0.4, 0.5) is 0 Å². The van der Waals surface area contributed by atoms with Gasteiger partial charge >= 0.3 is 0 Å². The molecule has 3 unspecified atom stereocenters. The van der Waals surface area contributed by atoms with Gasteiger partial charge in [0, 0.05) is 13.7 Å². The lowest BCUT2D eigenvalue weighted by atomic mass is 9.89. The van der Waals surface area contributed by atoms with E-state index in [9.17, 15) is 4.79 Å². The van der Waals surface area contributed by atoms with Gasteiger partial charge in [0.15, 0.2) is 0 Å². The number of hydrogen-bond donors (Lipinski definition) is 0. The van der Waals surface area contributed by atoms with Crippen LogP contribution in [0.5, 0.6) is 0 Å². The average Bonchev–Trinajstić information content (AvgIpc) is 2.80. The molecule has 2 aliphatic rings. The molecule has 1 fully saturated rings. The van der Waals surface area contributed by atoms with Crippen molar-refractivity contribution in [3.8, 4) is 0 Å². The van der Waals surface area contributed by atoms with Gasteiger partial charge in [0.2, 0.25) is 6.41 Å². The van der Waals surface area contributed by atoms with Crippen molar-refractivity contribution in [2.45, 2.75) is 44.8 Å². The van der Waals surface area contributed by atoms with Gasteiger partial charge < -0.3 is 9.64 Å². The summed E-state index contributed by atoms with van der Waals surface area (Å²) >= 11 is 0. The average molecular weight is 289 g/mol. The lowest BCUT2D eigenvalue weighted by Crippen LogP contribution is -2.42. The van der Waals surface area contributed by atoms with Gasteiger partial charge in [-0.05, 0) is 37.5 Å². The molecule has 3 atom stereocenters. The first-order valence-corrected chi connectivity index (χ1v) is 8.01. The van der Waals surface area contributed by atoms with Gasteiger partial charge in [-0.3, -0.25) is 4.79 Å². The van der Waals surface area contributed by atoms with Crippen LogP contribution in [-0.4, -0.2) is 37.1 Å². The summed E-state index contributed by atoms with van der Waals surface area (Å²) in [4.78, 5) is 13.1. The number of ether oxygens (including phenoxy) is 1. The third-order valence-corrected chi connectivity index (χ3v) is 4.70. The SMILES string of the molecule is COC(C(C)CCC1C=CC=CC=C1)C1CCCN1C=O. The van der Waals surface area contributed by atoms with Crippen LogP contribution < -0.4 is 0 Å². The molecule has 0 aromatic heterocycles. The molecule has 2 rings (SSSR count). The van der Waals surface area contributed by atoms with Gasteiger partial charge in [0.1, 0.15) is 0 Å². The van der Waals surface area contributed by atoms with Gasteiger partial charge in [0.05, 0.1) is 12.1 Å². The van der Waals surface area contributed by atoms with Crippen molar-refractivity contribution in [2.75, 3.05) is 13.7 Å². The maximum Gasteiger partial charge on any atom is 0.210 e. The molecule has 1 saturated heterocycles. The summed E-state index contributed by atoms with van der Waals surface area (Å²) < 4.78 is 5.74. The maximum atomic E-state index is 11.1. The topological polar surface area (TPSA) is 29.5 Å². The zero-order valence-corrected chi connectivity index (χ0v) is 13.2. The first kappa shape index (κ1) is 16.0. The Bertz CT molecular complexity index is 397. The number of hydrogen-bond acceptors (Lipinski definition) is 2. The lowest BCUT2D eigenvalue weighted by molar-refractivity contribution is -0.122. The summed E-state index contributed by atoms with van der Waals surface area (Å²) in [5.74, 6) is 0.962. The highest BCUT2D eigenvalue weighted by Crippen LogP contribution is 2.28. The predicted octanol–water partition coefficient (Wildman–Crippen LogP) is 3.34. The summed E-state index contributed by atoms with van der Waals surface area (Å²) in [7, 11) is 1.78. The first-order chi connectivity index (χ1) is 10.3. The quantitative estimate of drug-likeness (QED) is 0.673. The van der Waals surface area contributed by atoms with E-state index in [4.69, 9.17) is 4.74 Å². The number of rotatable bonds is 7. The second-order valence-electron chi connectivity index (χ2n) is 6.13. The van der Waals surface area contributed by atoms with Crippen molar-refractivity contribution in [2.24, 2.45) is 11.8 Å². The summed E-state index contributed by atoms with van der Waals surface area (Å²) in [5, 5.41) is 0. The Kier molecular flexibility index (Phi) is 6.24. The second kappa shape index (κ2) is 8.18. The molecular formula is C18H27NO2. The summed E-state index contributed by atoms with van der Waals surface area (Å²) in [5.41, 5.74) is 0. The summed E-state index contributed by atoms with van der Waals surface area (Å²) in [6, 6.07) is 0.254. The van der Waals surface area contributed by atoms with E-state index < -0.39 is 0 Å². The van der Waals surface area contributed by atoms with Gasteiger partial charge in [-0.2, -0.15) is 0 Å². The van der Waals surface area contributed by atoms with Gasteiger partial charge in [0.25, 0.3) is 0 Å². The Morgan fingerprint density at radius 2 is 2.00 bits per heavy atom. The highest BCUT2D eigenvalue weighted by molar-refractivity contribution is 5.48. The van der Waals surface area contributed by atoms with Gasteiger partial charge in [-0.1, -0.05) is 43.4 Å². The highest BCUT2D eigenvalue weighted by atomic mass is 16.5. The van der Waals surface area contributed by atoms with Crippen LogP contribution in [-0.2, 0) is 9.53 Å². The smallest absolute Gasteiger partial charge is 0.210 e. The fraction of sp³-hybridized carbons (Fsp3) is 0.611. The van der Waals surface area contributed by atoms with Gasteiger partial charge in [-0.15, -0.1) is 0 Å².